The molecule has 6 heteroatoms. The molecule has 2 aromatic heterocycles. The van der Waals surface area contributed by atoms with Crippen LogP contribution >= 0.6 is 0 Å². The van der Waals surface area contributed by atoms with Crippen molar-refractivity contribution in [2.24, 2.45) is 0 Å². The predicted octanol–water partition coefficient (Wildman–Crippen LogP) is 4.43. The lowest BCUT2D eigenvalue weighted by Crippen LogP contribution is -2.14. The zero-order valence-corrected chi connectivity index (χ0v) is 15.9. The number of ketones is 1. The molecule has 0 atom stereocenters. The fraction of sp³-hybridized carbons (Fsp3) is 0.136. The standard InChI is InChI=1S/C22H20N4O2/c1-13-20(15(3)27)14(2)24-21(13)22(28)25-16-8-10-17(11-9-16)26-12-23-18-6-4-5-7-19(18)26/h4-12,24H,1-3H3,(H,25,28). The Balaban J connectivity index is 1.58. The van der Waals surface area contributed by atoms with Gasteiger partial charge in [0.25, 0.3) is 5.91 Å². The summed E-state index contributed by atoms with van der Waals surface area (Å²) in [5, 5.41) is 2.88. The number of aromatic amines is 1. The molecule has 0 saturated heterocycles. The Labute approximate surface area is 162 Å². The molecule has 0 spiro atoms. The first-order chi connectivity index (χ1) is 13.5. The molecule has 0 aliphatic rings. The lowest BCUT2D eigenvalue weighted by atomic mass is 10.1. The van der Waals surface area contributed by atoms with Crippen LogP contribution < -0.4 is 5.32 Å². The highest BCUT2D eigenvalue weighted by Crippen LogP contribution is 2.22. The Morgan fingerprint density at radius 1 is 1.04 bits per heavy atom. The second kappa shape index (κ2) is 6.81. The molecule has 0 fully saturated rings. The van der Waals surface area contributed by atoms with Crippen LogP contribution in [0.2, 0.25) is 0 Å². The van der Waals surface area contributed by atoms with Crippen molar-refractivity contribution in [3.05, 3.63) is 77.4 Å². The van der Waals surface area contributed by atoms with Crippen LogP contribution in [0.15, 0.2) is 54.9 Å². The summed E-state index contributed by atoms with van der Waals surface area (Å²) in [6, 6.07) is 15.5. The first kappa shape index (κ1) is 17.7. The zero-order chi connectivity index (χ0) is 19.8. The van der Waals surface area contributed by atoms with E-state index in [2.05, 4.69) is 15.3 Å². The van der Waals surface area contributed by atoms with E-state index in [1.165, 1.54) is 6.92 Å². The molecule has 0 radical (unpaired) electrons. The van der Waals surface area contributed by atoms with Crippen LogP contribution in [-0.2, 0) is 0 Å². The summed E-state index contributed by atoms with van der Waals surface area (Å²) in [6.07, 6.45) is 1.78. The highest BCUT2D eigenvalue weighted by atomic mass is 16.2. The summed E-state index contributed by atoms with van der Waals surface area (Å²) < 4.78 is 2.00. The van der Waals surface area contributed by atoms with Gasteiger partial charge in [-0.3, -0.25) is 14.2 Å². The van der Waals surface area contributed by atoms with Gasteiger partial charge < -0.3 is 10.3 Å². The van der Waals surface area contributed by atoms with Gasteiger partial charge in [0.15, 0.2) is 5.78 Å². The van der Waals surface area contributed by atoms with Gasteiger partial charge in [-0.1, -0.05) is 12.1 Å². The van der Waals surface area contributed by atoms with E-state index in [-0.39, 0.29) is 11.7 Å². The van der Waals surface area contributed by atoms with Crippen molar-refractivity contribution in [3.8, 4) is 5.69 Å². The van der Waals surface area contributed by atoms with Gasteiger partial charge in [-0.05, 0) is 62.7 Å². The maximum atomic E-state index is 12.6. The van der Waals surface area contributed by atoms with E-state index in [9.17, 15) is 9.59 Å². The maximum absolute atomic E-state index is 12.6. The number of rotatable bonds is 4. The molecule has 0 aliphatic heterocycles. The van der Waals surface area contributed by atoms with Crippen LogP contribution in [0.3, 0.4) is 0 Å². The zero-order valence-electron chi connectivity index (χ0n) is 15.9. The third-order valence-electron chi connectivity index (χ3n) is 4.87. The smallest absolute Gasteiger partial charge is 0.272 e. The predicted molar refractivity (Wildman–Crippen MR) is 109 cm³/mol. The number of hydrogen-bond donors (Lipinski definition) is 2. The fourth-order valence-electron chi connectivity index (χ4n) is 3.57. The van der Waals surface area contributed by atoms with Crippen molar-refractivity contribution in [2.45, 2.75) is 20.8 Å². The van der Waals surface area contributed by atoms with E-state index in [4.69, 9.17) is 0 Å². The molecular weight excluding hydrogens is 352 g/mol. The Morgan fingerprint density at radius 3 is 2.43 bits per heavy atom. The lowest BCUT2D eigenvalue weighted by Gasteiger charge is -2.08. The largest absolute Gasteiger partial charge is 0.354 e. The third kappa shape index (κ3) is 2.99. The monoisotopic (exact) mass is 372 g/mol. The summed E-state index contributed by atoms with van der Waals surface area (Å²) in [7, 11) is 0. The SMILES string of the molecule is CC(=O)c1c(C)[nH]c(C(=O)Nc2ccc(-n3cnc4ccccc43)cc2)c1C. The molecule has 4 rings (SSSR count). The van der Waals surface area contributed by atoms with Gasteiger partial charge in [-0.25, -0.2) is 4.98 Å². The highest BCUT2D eigenvalue weighted by Gasteiger charge is 2.19. The summed E-state index contributed by atoms with van der Waals surface area (Å²) in [4.78, 5) is 31.8. The number of fused-ring (bicyclic) bond motifs is 1. The molecule has 2 heterocycles. The molecule has 1 amide bonds. The van der Waals surface area contributed by atoms with Crippen molar-refractivity contribution in [2.75, 3.05) is 5.32 Å². The van der Waals surface area contributed by atoms with E-state index in [1.807, 2.05) is 53.1 Å². The van der Waals surface area contributed by atoms with Crippen LogP contribution in [0, 0.1) is 13.8 Å². The first-order valence-corrected chi connectivity index (χ1v) is 8.99. The third-order valence-corrected chi connectivity index (χ3v) is 4.87. The van der Waals surface area contributed by atoms with E-state index < -0.39 is 0 Å². The van der Waals surface area contributed by atoms with Crippen molar-refractivity contribution in [1.29, 1.82) is 0 Å². The van der Waals surface area contributed by atoms with Crippen molar-refractivity contribution in [3.63, 3.8) is 0 Å². The number of hydrogen-bond acceptors (Lipinski definition) is 3. The Morgan fingerprint density at radius 2 is 1.75 bits per heavy atom. The van der Waals surface area contributed by atoms with Gasteiger partial charge in [0.2, 0.25) is 0 Å². The molecular formula is C22H20N4O2. The second-order valence-electron chi connectivity index (χ2n) is 6.79. The van der Waals surface area contributed by atoms with E-state index in [0.29, 0.717) is 28.2 Å². The van der Waals surface area contributed by atoms with Crippen molar-refractivity contribution < 1.29 is 9.59 Å². The van der Waals surface area contributed by atoms with Crippen molar-refractivity contribution in [1.82, 2.24) is 14.5 Å². The van der Waals surface area contributed by atoms with Gasteiger partial charge in [0.05, 0.1) is 11.0 Å². The molecule has 140 valence electrons. The minimum atomic E-state index is -0.270. The molecule has 2 N–H and O–H groups in total. The quantitative estimate of drug-likeness (QED) is 0.520. The van der Waals surface area contributed by atoms with Crippen LogP contribution in [0.4, 0.5) is 5.69 Å². The number of aromatic nitrogens is 3. The molecule has 0 bridgehead atoms. The van der Waals surface area contributed by atoms with E-state index in [1.54, 1.807) is 20.2 Å². The Kier molecular flexibility index (Phi) is 4.31. The van der Waals surface area contributed by atoms with E-state index >= 15 is 0 Å². The number of carbonyl (C=O) groups is 2. The summed E-state index contributed by atoms with van der Waals surface area (Å²) >= 11 is 0. The van der Waals surface area contributed by atoms with Crippen molar-refractivity contribution >= 4 is 28.4 Å². The summed E-state index contributed by atoms with van der Waals surface area (Å²) in [5.74, 6) is -0.323. The van der Waals surface area contributed by atoms with Crippen LogP contribution in [0.25, 0.3) is 16.7 Å². The number of amides is 1. The molecule has 28 heavy (non-hydrogen) atoms. The number of H-pyrrole nitrogens is 1. The molecule has 0 aliphatic carbocycles. The number of nitrogens with zero attached hydrogens (tertiary/aromatic N) is 2. The van der Waals surface area contributed by atoms with Gasteiger partial charge >= 0.3 is 0 Å². The van der Waals surface area contributed by atoms with Crippen LogP contribution in [0.1, 0.15) is 39.0 Å². The number of benzene rings is 2. The molecule has 0 unspecified atom stereocenters. The average Bonchev–Trinajstić information content (AvgIpc) is 3.23. The fourth-order valence-corrected chi connectivity index (χ4v) is 3.57. The van der Waals surface area contributed by atoms with Gasteiger partial charge in [-0.15, -0.1) is 0 Å². The lowest BCUT2D eigenvalue weighted by molar-refractivity contribution is 0.101. The number of nitrogens with one attached hydrogen (secondary N) is 2. The van der Waals surface area contributed by atoms with Crippen LogP contribution in [0.5, 0.6) is 0 Å². The van der Waals surface area contributed by atoms with Gasteiger partial charge in [0, 0.05) is 22.6 Å². The first-order valence-electron chi connectivity index (χ1n) is 8.99. The second-order valence-corrected chi connectivity index (χ2v) is 6.79. The number of para-hydroxylation sites is 2. The number of anilines is 1. The minimum absolute atomic E-state index is 0.0535. The van der Waals surface area contributed by atoms with E-state index in [0.717, 1.165) is 16.7 Å². The molecule has 6 nitrogen and oxygen atoms in total. The van der Waals surface area contributed by atoms with Crippen LogP contribution in [-0.4, -0.2) is 26.2 Å². The Bertz CT molecular complexity index is 1200. The highest BCUT2D eigenvalue weighted by molar-refractivity contribution is 6.07. The summed E-state index contributed by atoms with van der Waals surface area (Å²) in [6.45, 7) is 5.08. The average molecular weight is 372 g/mol. The molecule has 4 aromatic rings. The number of Topliss-reactive ketones (excluding diaryl/α,β-unsaturated/α-hetero) is 1. The summed E-state index contributed by atoms with van der Waals surface area (Å²) in [5.41, 5.74) is 5.94. The molecule has 0 saturated carbocycles. The van der Waals surface area contributed by atoms with Gasteiger partial charge in [-0.2, -0.15) is 0 Å². The van der Waals surface area contributed by atoms with Gasteiger partial charge in [0.1, 0.15) is 12.0 Å². The number of carbonyl (C=O) groups excluding carboxylic acids is 2. The maximum Gasteiger partial charge on any atom is 0.272 e. The number of imidazole rings is 1. The topological polar surface area (TPSA) is 79.8 Å². The Hall–Kier alpha value is -3.67. The molecule has 2 aromatic carbocycles. The minimum Gasteiger partial charge on any atom is -0.354 e. The number of aryl methyl sites for hydroxylation is 1. The normalized spacial score (nSPS) is 11.0.